The van der Waals surface area contributed by atoms with Crippen LogP contribution >= 0.6 is 11.6 Å². The standard InChI is InChI=1S/C21H21ClN4O/c1-21(27,16-6-2-3-7-17(16)22)13-24-20-15-5-4-8-18(15)25-19(26-20)14-9-11-23-12-10-14/h2-3,6-7,9-12,27H,4-5,8,13H2,1H3,(H,24,25,26). The molecule has 1 aliphatic rings. The van der Waals surface area contributed by atoms with Crippen LogP contribution in [0.15, 0.2) is 48.8 Å². The first-order valence-corrected chi connectivity index (χ1v) is 9.44. The molecule has 0 spiro atoms. The summed E-state index contributed by atoms with van der Waals surface area (Å²) in [6.07, 6.45) is 6.44. The van der Waals surface area contributed by atoms with Gasteiger partial charge >= 0.3 is 0 Å². The summed E-state index contributed by atoms with van der Waals surface area (Å²) in [7, 11) is 0. The Morgan fingerprint density at radius 2 is 1.89 bits per heavy atom. The Balaban J connectivity index is 1.64. The van der Waals surface area contributed by atoms with E-state index in [4.69, 9.17) is 21.6 Å². The van der Waals surface area contributed by atoms with Crippen molar-refractivity contribution in [3.8, 4) is 11.4 Å². The van der Waals surface area contributed by atoms with Crippen molar-refractivity contribution >= 4 is 17.4 Å². The molecule has 4 rings (SSSR count). The van der Waals surface area contributed by atoms with E-state index in [1.165, 1.54) is 0 Å². The van der Waals surface area contributed by atoms with Crippen LogP contribution in [0.25, 0.3) is 11.4 Å². The van der Waals surface area contributed by atoms with Gasteiger partial charge in [-0.15, -0.1) is 0 Å². The topological polar surface area (TPSA) is 70.9 Å². The van der Waals surface area contributed by atoms with Gasteiger partial charge in [0, 0.05) is 46.3 Å². The highest BCUT2D eigenvalue weighted by Crippen LogP contribution is 2.31. The molecule has 3 aromatic rings. The van der Waals surface area contributed by atoms with Gasteiger partial charge in [0.05, 0.1) is 0 Å². The predicted molar refractivity (Wildman–Crippen MR) is 107 cm³/mol. The molecule has 0 fully saturated rings. The van der Waals surface area contributed by atoms with Crippen molar-refractivity contribution in [3.05, 3.63) is 70.6 Å². The van der Waals surface area contributed by atoms with Crippen molar-refractivity contribution in [2.75, 3.05) is 11.9 Å². The number of hydrogen-bond acceptors (Lipinski definition) is 5. The van der Waals surface area contributed by atoms with Gasteiger partial charge in [0.15, 0.2) is 5.82 Å². The van der Waals surface area contributed by atoms with Crippen LogP contribution in [-0.2, 0) is 18.4 Å². The maximum Gasteiger partial charge on any atom is 0.161 e. The second-order valence-electron chi connectivity index (χ2n) is 7.02. The molecule has 2 heterocycles. The SMILES string of the molecule is CC(O)(CNc1nc(-c2ccncc2)nc2c1CCC2)c1ccccc1Cl. The van der Waals surface area contributed by atoms with Crippen molar-refractivity contribution in [1.82, 2.24) is 15.0 Å². The van der Waals surface area contributed by atoms with E-state index in [-0.39, 0.29) is 0 Å². The number of anilines is 1. The van der Waals surface area contributed by atoms with Crippen molar-refractivity contribution < 1.29 is 5.11 Å². The molecule has 27 heavy (non-hydrogen) atoms. The Labute approximate surface area is 163 Å². The normalized spacial score (nSPS) is 15.2. The van der Waals surface area contributed by atoms with E-state index in [2.05, 4.69) is 10.3 Å². The summed E-state index contributed by atoms with van der Waals surface area (Å²) < 4.78 is 0. The number of aryl methyl sites for hydroxylation is 1. The fraction of sp³-hybridized carbons (Fsp3) is 0.286. The summed E-state index contributed by atoms with van der Waals surface area (Å²) >= 11 is 6.27. The van der Waals surface area contributed by atoms with Crippen LogP contribution in [0.1, 0.15) is 30.2 Å². The maximum absolute atomic E-state index is 11.0. The summed E-state index contributed by atoms with van der Waals surface area (Å²) in [4.78, 5) is 13.5. The van der Waals surface area contributed by atoms with Crippen molar-refractivity contribution in [2.24, 2.45) is 0 Å². The highest BCUT2D eigenvalue weighted by molar-refractivity contribution is 6.31. The molecule has 1 aromatic carbocycles. The highest BCUT2D eigenvalue weighted by atomic mass is 35.5. The number of aromatic nitrogens is 3. The van der Waals surface area contributed by atoms with E-state index in [1.807, 2.05) is 30.3 Å². The molecule has 2 aromatic heterocycles. The second-order valence-corrected chi connectivity index (χ2v) is 7.42. The van der Waals surface area contributed by atoms with Gasteiger partial charge in [-0.3, -0.25) is 4.98 Å². The maximum atomic E-state index is 11.0. The summed E-state index contributed by atoms with van der Waals surface area (Å²) in [5.74, 6) is 1.47. The Bertz CT molecular complexity index is 960. The number of hydrogen-bond donors (Lipinski definition) is 2. The van der Waals surface area contributed by atoms with E-state index in [0.29, 0.717) is 23.0 Å². The van der Waals surface area contributed by atoms with E-state index in [0.717, 1.165) is 41.9 Å². The minimum atomic E-state index is -1.12. The number of nitrogens with one attached hydrogen (secondary N) is 1. The lowest BCUT2D eigenvalue weighted by molar-refractivity contribution is 0.0715. The number of nitrogens with zero attached hydrogens (tertiary/aromatic N) is 3. The summed E-state index contributed by atoms with van der Waals surface area (Å²) in [6.45, 7) is 2.06. The monoisotopic (exact) mass is 380 g/mol. The van der Waals surface area contributed by atoms with E-state index in [1.54, 1.807) is 25.4 Å². The van der Waals surface area contributed by atoms with Crippen LogP contribution in [0.5, 0.6) is 0 Å². The second kappa shape index (κ2) is 7.25. The molecule has 0 saturated carbocycles. The lowest BCUT2D eigenvalue weighted by Crippen LogP contribution is -2.31. The van der Waals surface area contributed by atoms with E-state index >= 15 is 0 Å². The molecule has 5 nitrogen and oxygen atoms in total. The molecular formula is C21H21ClN4O. The largest absolute Gasteiger partial charge is 0.384 e. The van der Waals surface area contributed by atoms with Gasteiger partial charge in [-0.2, -0.15) is 0 Å². The van der Waals surface area contributed by atoms with Crippen LogP contribution in [0.3, 0.4) is 0 Å². The molecule has 0 aliphatic heterocycles. The van der Waals surface area contributed by atoms with Crippen LogP contribution in [0, 0.1) is 0 Å². The summed E-state index contributed by atoms with van der Waals surface area (Å²) in [5.41, 5.74) is 2.73. The van der Waals surface area contributed by atoms with Gasteiger partial charge in [-0.1, -0.05) is 29.8 Å². The van der Waals surface area contributed by atoms with Crippen molar-refractivity contribution in [3.63, 3.8) is 0 Å². The molecule has 6 heteroatoms. The molecular weight excluding hydrogens is 360 g/mol. The average Bonchev–Trinajstić information content (AvgIpc) is 3.16. The number of rotatable bonds is 5. The molecule has 0 bridgehead atoms. The minimum Gasteiger partial charge on any atom is -0.384 e. The first-order chi connectivity index (χ1) is 13.0. The molecule has 2 N–H and O–H groups in total. The lowest BCUT2D eigenvalue weighted by atomic mass is 9.96. The van der Waals surface area contributed by atoms with Gasteiger partial charge < -0.3 is 10.4 Å². The highest BCUT2D eigenvalue weighted by Gasteiger charge is 2.27. The molecule has 1 aliphatic carbocycles. The third-order valence-corrected chi connectivity index (χ3v) is 5.26. The zero-order valence-corrected chi connectivity index (χ0v) is 15.9. The van der Waals surface area contributed by atoms with Crippen molar-refractivity contribution in [2.45, 2.75) is 31.8 Å². The zero-order chi connectivity index (χ0) is 18.9. The number of pyridine rings is 1. The van der Waals surface area contributed by atoms with E-state index < -0.39 is 5.60 Å². The van der Waals surface area contributed by atoms with Gasteiger partial charge in [0.1, 0.15) is 11.4 Å². The molecule has 0 saturated heterocycles. The quantitative estimate of drug-likeness (QED) is 0.700. The van der Waals surface area contributed by atoms with Crippen LogP contribution in [0.2, 0.25) is 5.02 Å². The predicted octanol–water partition coefficient (Wildman–Crippen LogP) is 4.00. The van der Waals surface area contributed by atoms with Gasteiger partial charge in [-0.25, -0.2) is 9.97 Å². The van der Waals surface area contributed by atoms with Crippen LogP contribution < -0.4 is 5.32 Å². The van der Waals surface area contributed by atoms with E-state index in [9.17, 15) is 5.11 Å². The number of halogens is 1. The van der Waals surface area contributed by atoms with Gasteiger partial charge in [-0.05, 0) is 44.4 Å². The third kappa shape index (κ3) is 3.66. The fourth-order valence-electron chi connectivity index (χ4n) is 3.46. The van der Waals surface area contributed by atoms with Gasteiger partial charge in [0.25, 0.3) is 0 Å². The number of benzene rings is 1. The first kappa shape index (κ1) is 17.9. The first-order valence-electron chi connectivity index (χ1n) is 9.06. The Kier molecular flexibility index (Phi) is 4.81. The van der Waals surface area contributed by atoms with Gasteiger partial charge in [0.2, 0.25) is 0 Å². The fourth-order valence-corrected chi connectivity index (χ4v) is 3.80. The Morgan fingerprint density at radius 1 is 1.11 bits per heavy atom. The molecule has 138 valence electrons. The lowest BCUT2D eigenvalue weighted by Gasteiger charge is -2.26. The average molecular weight is 381 g/mol. The zero-order valence-electron chi connectivity index (χ0n) is 15.1. The Morgan fingerprint density at radius 3 is 2.67 bits per heavy atom. The molecule has 0 radical (unpaired) electrons. The molecule has 0 amide bonds. The Hall–Kier alpha value is -2.50. The number of aliphatic hydroxyl groups is 1. The summed E-state index contributed by atoms with van der Waals surface area (Å²) in [5, 5.41) is 14.9. The molecule has 1 atom stereocenters. The molecule has 1 unspecified atom stereocenters. The smallest absolute Gasteiger partial charge is 0.161 e. The van der Waals surface area contributed by atoms with Crippen LogP contribution in [0.4, 0.5) is 5.82 Å². The van der Waals surface area contributed by atoms with Crippen LogP contribution in [-0.4, -0.2) is 26.6 Å². The minimum absolute atomic E-state index is 0.302. The third-order valence-electron chi connectivity index (χ3n) is 4.93. The summed E-state index contributed by atoms with van der Waals surface area (Å²) in [6, 6.07) is 11.2. The number of fused-ring (bicyclic) bond motifs is 1. The van der Waals surface area contributed by atoms with Crippen molar-refractivity contribution in [1.29, 1.82) is 0 Å².